The zero-order chi connectivity index (χ0) is 11.5. The van der Waals surface area contributed by atoms with Gasteiger partial charge in [0.15, 0.2) is 5.78 Å². The van der Waals surface area contributed by atoms with Gasteiger partial charge in [-0.1, -0.05) is 6.07 Å². The summed E-state index contributed by atoms with van der Waals surface area (Å²) in [5, 5.41) is 0. The number of aromatic nitrogens is 1. The van der Waals surface area contributed by atoms with Gasteiger partial charge in [0.05, 0.1) is 6.04 Å². The van der Waals surface area contributed by atoms with Crippen LogP contribution in [0.4, 0.5) is 5.82 Å². The average Bonchev–Trinajstić information content (AvgIpc) is 2.29. The smallest absolute Gasteiger partial charge is 0.152 e. The number of nitrogens with zero attached hydrogens (tertiary/aromatic N) is 2. The quantitative estimate of drug-likeness (QED) is 0.764. The molecule has 86 valence electrons. The third-order valence-electron chi connectivity index (χ3n) is 3.14. The van der Waals surface area contributed by atoms with Gasteiger partial charge in [-0.25, -0.2) is 4.98 Å². The van der Waals surface area contributed by atoms with Gasteiger partial charge in [0, 0.05) is 12.2 Å². The Hall–Kier alpha value is -1.38. The number of anilines is 1. The van der Waals surface area contributed by atoms with E-state index in [1.165, 1.54) is 0 Å². The number of ketones is 1. The Morgan fingerprint density at radius 1 is 1.44 bits per heavy atom. The van der Waals surface area contributed by atoms with Crippen LogP contribution in [-0.2, 0) is 4.79 Å². The second-order valence-electron chi connectivity index (χ2n) is 4.45. The maximum atomic E-state index is 11.6. The number of hydrogen-bond acceptors (Lipinski definition) is 3. The van der Waals surface area contributed by atoms with Gasteiger partial charge >= 0.3 is 0 Å². The number of rotatable bonds is 2. The second kappa shape index (κ2) is 4.64. The number of carbonyl (C=O) groups is 1. The van der Waals surface area contributed by atoms with E-state index < -0.39 is 0 Å². The highest BCUT2D eigenvalue weighted by atomic mass is 16.1. The Balaban J connectivity index is 2.26. The number of piperidine rings is 1. The molecule has 0 saturated carbocycles. The van der Waals surface area contributed by atoms with Crippen LogP contribution in [0.3, 0.4) is 0 Å². The van der Waals surface area contributed by atoms with Crippen LogP contribution in [0.15, 0.2) is 18.2 Å². The molecular weight excluding hydrogens is 200 g/mol. The molecule has 1 atom stereocenters. The van der Waals surface area contributed by atoms with Crippen molar-refractivity contribution in [1.29, 1.82) is 0 Å². The Morgan fingerprint density at radius 2 is 2.25 bits per heavy atom. The monoisotopic (exact) mass is 218 g/mol. The van der Waals surface area contributed by atoms with Crippen LogP contribution in [0, 0.1) is 6.92 Å². The Labute approximate surface area is 96.5 Å². The summed E-state index contributed by atoms with van der Waals surface area (Å²) in [5.74, 6) is 1.20. The molecule has 3 heteroatoms. The van der Waals surface area contributed by atoms with Crippen LogP contribution >= 0.6 is 0 Å². The molecule has 0 bridgehead atoms. The molecule has 1 aromatic heterocycles. The molecule has 0 aromatic carbocycles. The summed E-state index contributed by atoms with van der Waals surface area (Å²) in [4.78, 5) is 18.3. The summed E-state index contributed by atoms with van der Waals surface area (Å²) in [7, 11) is 0. The highest BCUT2D eigenvalue weighted by molar-refractivity contribution is 5.84. The van der Waals surface area contributed by atoms with Crippen molar-refractivity contribution in [2.24, 2.45) is 0 Å². The van der Waals surface area contributed by atoms with Gasteiger partial charge in [-0.3, -0.25) is 4.79 Å². The lowest BCUT2D eigenvalue weighted by Crippen LogP contribution is -2.44. The lowest BCUT2D eigenvalue weighted by Gasteiger charge is -2.35. The van der Waals surface area contributed by atoms with Gasteiger partial charge in [-0.2, -0.15) is 0 Å². The number of aryl methyl sites for hydroxylation is 1. The molecule has 0 aliphatic carbocycles. The highest BCUT2D eigenvalue weighted by Gasteiger charge is 2.26. The van der Waals surface area contributed by atoms with Crippen molar-refractivity contribution in [3.63, 3.8) is 0 Å². The summed E-state index contributed by atoms with van der Waals surface area (Å²) in [6.07, 6.45) is 3.26. The van der Waals surface area contributed by atoms with Crippen LogP contribution in [0.5, 0.6) is 0 Å². The van der Waals surface area contributed by atoms with Crippen LogP contribution in [0.2, 0.25) is 0 Å². The first-order valence-corrected chi connectivity index (χ1v) is 5.89. The minimum atomic E-state index is 0.0306. The number of carbonyl (C=O) groups excluding carboxylic acids is 1. The predicted molar refractivity (Wildman–Crippen MR) is 64.6 cm³/mol. The first-order valence-electron chi connectivity index (χ1n) is 5.89. The average molecular weight is 218 g/mol. The fraction of sp³-hybridized carbons (Fsp3) is 0.538. The molecule has 1 fully saturated rings. The Morgan fingerprint density at radius 3 is 2.94 bits per heavy atom. The van der Waals surface area contributed by atoms with E-state index in [0.29, 0.717) is 0 Å². The standard InChI is InChI=1S/C13H18N2O/c1-10-6-5-8-13(14-10)15-9-4-3-7-12(15)11(2)16/h5-6,8,12H,3-4,7,9H2,1-2H3. The summed E-state index contributed by atoms with van der Waals surface area (Å²) in [6, 6.07) is 6.01. The number of Topliss-reactive ketones (excluding diaryl/α,β-unsaturated/α-hetero) is 1. The Kier molecular flexibility index (Phi) is 3.22. The second-order valence-corrected chi connectivity index (χ2v) is 4.45. The van der Waals surface area contributed by atoms with Gasteiger partial charge < -0.3 is 4.90 Å². The maximum Gasteiger partial charge on any atom is 0.152 e. The van der Waals surface area contributed by atoms with Crippen molar-refractivity contribution in [3.05, 3.63) is 23.9 Å². The van der Waals surface area contributed by atoms with E-state index in [9.17, 15) is 4.79 Å². The predicted octanol–water partition coefficient (Wildman–Crippen LogP) is 2.34. The zero-order valence-corrected chi connectivity index (χ0v) is 9.94. The first kappa shape index (κ1) is 11.1. The molecule has 2 heterocycles. The molecule has 1 unspecified atom stereocenters. The van der Waals surface area contributed by atoms with Crippen LogP contribution in [-0.4, -0.2) is 23.4 Å². The lowest BCUT2D eigenvalue weighted by atomic mass is 9.99. The summed E-state index contributed by atoms with van der Waals surface area (Å²) in [6.45, 7) is 4.61. The third kappa shape index (κ3) is 2.23. The number of hydrogen-bond donors (Lipinski definition) is 0. The molecule has 0 amide bonds. The van der Waals surface area contributed by atoms with E-state index in [1.807, 2.05) is 25.1 Å². The van der Waals surface area contributed by atoms with E-state index in [0.717, 1.165) is 37.3 Å². The van der Waals surface area contributed by atoms with Crippen LogP contribution < -0.4 is 4.90 Å². The van der Waals surface area contributed by atoms with Crippen molar-refractivity contribution in [2.45, 2.75) is 39.2 Å². The largest absolute Gasteiger partial charge is 0.347 e. The van der Waals surface area contributed by atoms with E-state index in [2.05, 4.69) is 9.88 Å². The molecule has 0 spiro atoms. The molecule has 1 aromatic rings. The fourth-order valence-electron chi connectivity index (χ4n) is 2.32. The molecule has 1 aliphatic heterocycles. The van der Waals surface area contributed by atoms with Crippen LogP contribution in [0.25, 0.3) is 0 Å². The molecule has 0 radical (unpaired) electrons. The van der Waals surface area contributed by atoms with E-state index in [4.69, 9.17) is 0 Å². The van der Waals surface area contributed by atoms with Crippen molar-refractivity contribution < 1.29 is 4.79 Å². The molecule has 1 saturated heterocycles. The molecule has 16 heavy (non-hydrogen) atoms. The zero-order valence-electron chi connectivity index (χ0n) is 9.94. The highest BCUT2D eigenvalue weighted by Crippen LogP contribution is 2.23. The summed E-state index contributed by atoms with van der Waals surface area (Å²) >= 11 is 0. The summed E-state index contributed by atoms with van der Waals surface area (Å²) in [5.41, 5.74) is 1.00. The van der Waals surface area contributed by atoms with E-state index >= 15 is 0 Å². The number of pyridine rings is 1. The topological polar surface area (TPSA) is 33.2 Å². The van der Waals surface area contributed by atoms with Gasteiger partial charge in [0.2, 0.25) is 0 Å². The lowest BCUT2D eigenvalue weighted by molar-refractivity contribution is -0.118. The van der Waals surface area contributed by atoms with Gasteiger partial charge in [0.25, 0.3) is 0 Å². The van der Waals surface area contributed by atoms with Crippen molar-refractivity contribution in [1.82, 2.24) is 4.98 Å². The third-order valence-corrected chi connectivity index (χ3v) is 3.14. The molecule has 1 aliphatic rings. The minimum absolute atomic E-state index is 0.0306. The van der Waals surface area contributed by atoms with Gasteiger partial charge in [-0.15, -0.1) is 0 Å². The van der Waals surface area contributed by atoms with Crippen molar-refractivity contribution >= 4 is 11.6 Å². The van der Waals surface area contributed by atoms with Crippen molar-refractivity contribution in [3.8, 4) is 0 Å². The molecule has 3 nitrogen and oxygen atoms in total. The van der Waals surface area contributed by atoms with Crippen molar-refractivity contribution in [2.75, 3.05) is 11.4 Å². The van der Waals surface area contributed by atoms with E-state index in [1.54, 1.807) is 6.92 Å². The minimum Gasteiger partial charge on any atom is -0.347 e. The Bertz CT molecular complexity index is 389. The SMILES string of the molecule is CC(=O)C1CCCCN1c1cccc(C)n1. The fourth-order valence-corrected chi connectivity index (χ4v) is 2.32. The maximum absolute atomic E-state index is 11.6. The van der Waals surface area contributed by atoms with Gasteiger partial charge in [0.1, 0.15) is 5.82 Å². The van der Waals surface area contributed by atoms with E-state index in [-0.39, 0.29) is 11.8 Å². The first-order chi connectivity index (χ1) is 7.68. The van der Waals surface area contributed by atoms with Gasteiger partial charge in [-0.05, 0) is 45.2 Å². The molecule has 2 rings (SSSR count). The summed E-state index contributed by atoms with van der Waals surface area (Å²) < 4.78 is 0. The molecular formula is C13H18N2O. The normalized spacial score (nSPS) is 20.9. The molecule has 0 N–H and O–H groups in total. The van der Waals surface area contributed by atoms with Crippen LogP contribution in [0.1, 0.15) is 31.9 Å².